The van der Waals surface area contributed by atoms with Gasteiger partial charge in [0, 0.05) is 38.2 Å². The Labute approximate surface area is 188 Å². The molecule has 0 aliphatic carbocycles. The Balaban J connectivity index is 1.29. The molecule has 1 fully saturated rings. The standard InChI is InChI=1S/C25H32N2O5/c1-25(2,3)32-24(29)27-10-6-7-18(12-27)16-31-23-17-30-21(11-22(23)28)15-26-13-19-8-4-5-9-20(19)14-26/h4-5,8-9,11,17-18H,6-7,10,12-16H2,1-3H3/t18-/m0/s1. The summed E-state index contributed by atoms with van der Waals surface area (Å²) in [6, 6.07) is 9.89. The second kappa shape index (κ2) is 9.36. The van der Waals surface area contributed by atoms with Crippen molar-refractivity contribution >= 4 is 6.09 Å². The Kier molecular flexibility index (Phi) is 6.55. The normalized spacial score (nSPS) is 19.0. The maximum atomic E-state index is 12.5. The van der Waals surface area contributed by atoms with E-state index in [0.29, 0.717) is 32.0 Å². The molecule has 0 N–H and O–H groups in total. The van der Waals surface area contributed by atoms with Gasteiger partial charge in [0.05, 0.1) is 13.2 Å². The Morgan fingerprint density at radius 2 is 1.91 bits per heavy atom. The number of piperidine rings is 1. The molecule has 1 aromatic carbocycles. The van der Waals surface area contributed by atoms with E-state index in [2.05, 4.69) is 17.0 Å². The smallest absolute Gasteiger partial charge is 0.410 e. The Hall–Kier alpha value is -2.80. The van der Waals surface area contributed by atoms with Gasteiger partial charge < -0.3 is 18.8 Å². The highest BCUT2D eigenvalue weighted by Gasteiger charge is 2.28. The van der Waals surface area contributed by atoms with Gasteiger partial charge in [-0.25, -0.2) is 4.79 Å². The monoisotopic (exact) mass is 440 g/mol. The van der Waals surface area contributed by atoms with Crippen LogP contribution in [0.1, 0.15) is 50.5 Å². The molecule has 4 rings (SSSR count). The van der Waals surface area contributed by atoms with Gasteiger partial charge in [0.15, 0.2) is 0 Å². The third-order valence-corrected chi connectivity index (χ3v) is 5.78. The average molecular weight is 441 g/mol. The van der Waals surface area contributed by atoms with E-state index in [4.69, 9.17) is 13.9 Å². The Morgan fingerprint density at radius 3 is 2.56 bits per heavy atom. The number of amides is 1. The van der Waals surface area contributed by atoms with Crippen LogP contribution in [0, 0.1) is 5.92 Å². The molecule has 32 heavy (non-hydrogen) atoms. The van der Waals surface area contributed by atoms with Crippen molar-refractivity contribution in [1.29, 1.82) is 0 Å². The zero-order valence-corrected chi connectivity index (χ0v) is 19.1. The zero-order chi connectivity index (χ0) is 22.7. The van der Waals surface area contributed by atoms with E-state index in [0.717, 1.165) is 25.9 Å². The number of fused-ring (bicyclic) bond motifs is 1. The molecule has 0 spiro atoms. The summed E-state index contributed by atoms with van der Waals surface area (Å²) in [6.45, 7) is 9.49. The molecule has 3 heterocycles. The van der Waals surface area contributed by atoms with Crippen LogP contribution in [0.3, 0.4) is 0 Å². The van der Waals surface area contributed by atoms with Gasteiger partial charge in [-0.1, -0.05) is 24.3 Å². The SMILES string of the molecule is CC(C)(C)OC(=O)N1CCC[C@H](COc2coc(CN3Cc4ccccc4C3)cc2=O)C1. The van der Waals surface area contributed by atoms with Crippen molar-refractivity contribution in [2.45, 2.75) is 58.8 Å². The average Bonchev–Trinajstić information content (AvgIpc) is 3.14. The molecule has 2 aromatic rings. The maximum Gasteiger partial charge on any atom is 0.410 e. The van der Waals surface area contributed by atoms with E-state index in [1.54, 1.807) is 4.90 Å². The molecule has 1 aromatic heterocycles. The summed E-state index contributed by atoms with van der Waals surface area (Å²) in [7, 11) is 0. The highest BCUT2D eigenvalue weighted by molar-refractivity contribution is 5.68. The van der Waals surface area contributed by atoms with E-state index >= 15 is 0 Å². The zero-order valence-electron chi connectivity index (χ0n) is 19.1. The van der Waals surface area contributed by atoms with Gasteiger partial charge >= 0.3 is 6.09 Å². The van der Waals surface area contributed by atoms with Gasteiger partial charge in [0.25, 0.3) is 0 Å². The van der Waals surface area contributed by atoms with Crippen molar-refractivity contribution in [3.8, 4) is 5.75 Å². The minimum absolute atomic E-state index is 0.151. The third-order valence-electron chi connectivity index (χ3n) is 5.78. The number of hydrogen-bond donors (Lipinski definition) is 0. The lowest BCUT2D eigenvalue weighted by Gasteiger charge is -2.33. The second-order valence-electron chi connectivity index (χ2n) is 9.73. The number of rotatable bonds is 5. The summed E-state index contributed by atoms with van der Waals surface area (Å²) in [4.78, 5) is 28.9. The van der Waals surface area contributed by atoms with E-state index in [9.17, 15) is 9.59 Å². The fraction of sp³-hybridized carbons (Fsp3) is 0.520. The van der Waals surface area contributed by atoms with Crippen molar-refractivity contribution in [1.82, 2.24) is 9.80 Å². The summed E-state index contributed by atoms with van der Waals surface area (Å²) >= 11 is 0. The van der Waals surface area contributed by atoms with Crippen molar-refractivity contribution in [2.24, 2.45) is 5.92 Å². The van der Waals surface area contributed by atoms with Crippen LogP contribution in [0.25, 0.3) is 0 Å². The first-order valence-corrected chi connectivity index (χ1v) is 11.3. The molecular formula is C25H32N2O5. The van der Waals surface area contributed by atoms with Gasteiger partial charge in [0.1, 0.15) is 17.6 Å². The van der Waals surface area contributed by atoms with E-state index in [-0.39, 0.29) is 23.2 Å². The number of hydrogen-bond acceptors (Lipinski definition) is 6. The highest BCUT2D eigenvalue weighted by atomic mass is 16.6. The van der Waals surface area contributed by atoms with Crippen LogP contribution in [-0.4, -0.2) is 41.2 Å². The van der Waals surface area contributed by atoms with Gasteiger partial charge in [-0.05, 0) is 44.7 Å². The summed E-state index contributed by atoms with van der Waals surface area (Å²) in [5.74, 6) is 0.996. The largest absolute Gasteiger partial charge is 0.486 e. The first-order valence-electron chi connectivity index (χ1n) is 11.3. The first kappa shape index (κ1) is 22.4. The topological polar surface area (TPSA) is 72.2 Å². The lowest BCUT2D eigenvalue weighted by Crippen LogP contribution is -2.44. The van der Waals surface area contributed by atoms with Crippen LogP contribution in [0.2, 0.25) is 0 Å². The molecule has 0 radical (unpaired) electrons. The van der Waals surface area contributed by atoms with Crippen molar-refractivity contribution in [2.75, 3.05) is 19.7 Å². The van der Waals surface area contributed by atoms with Crippen molar-refractivity contribution in [3.05, 3.63) is 63.7 Å². The van der Waals surface area contributed by atoms with Gasteiger partial charge in [-0.3, -0.25) is 9.69 Å². The van der Waals surface area contributed by atoms with Crippen molar-refractivity contribution in [3.63, 3.8) is 0 Å². The minimum Gasteiger partial charge on any atom is -0.486 e. The molecule has 0 bridgehead atoms. The molecule has 7 nitrogen and oxygen atoms in total. The van der Waals surface area contributed by atoms with Crippen LogP contribution >= 0.6 is 0 Å². The molecule has 1 atom stereocenters. The van der Waals surface area contributed by atoms with Gasteiger partial charge in [0.2, 0.25) is 11.2 Å². The van der Waals surface area contributed by atoms with Crippen molar-refractivity contribution < 1.29 is 18.7 Å². The molecular weight excluding hydrogens is 408 g/mol. The number of nitrogens with zero attached hydrogens (tertiary/aromatic N) is 2. The number of carbonyl (C=O) groups excluding carboxylic acids is 1. The summed E-state index contributed by atoms with van der Waals surface area (Å²) in [5, 5.41) is 0. The van der Waals surface area contributed by atoms with Crippen LogP contribution in [0.4, 0.5) is 4.79 Å². The molecule has 0 unspecified atom stereocenters. The molecule has 2 aliphatic rings. The van der Waals surface area contributed by atoms with E-state index in [1.807, 2.05) is 32.9 Å². The maximum absolute atomic E-state index is 12.5. The first-order chi connectivity index (χ1) is 15.3. The van der Waals surface area contributed by atoms with Crippen LogP contribution in [0.15, 0.2) is 45.8 Å². The van der Waals surface area contributed by atoms with Crippen LogP contribution in [-0.2, 0) is 24.4 Å². The lowest BCUT2D eigenvalue weighted by molar-refractivity contribution is 0.0138. The number of benzene rings is 1. The Bertz CT molecular complexity index is 985. The molecule has 1 amide bonds. The van der Waals surface area contributed by atoms with Gasteiger partial charge in [-0.2, -0.15) is 0 Å². The molecule has 2 aliphatic heterocycles. The summed E-state index contributed by atoms with van der Waals surface area (Å²) in [6.07, 6.45) is 2.95. The van der Waals surface area contributed by atoms with Crippen LogP contribution in [0.5, 0.6) is 5.75 Å². The quantitative estimate of drug-likeness (QED) is 0.695. The minimum atomic E-state index is -0.515. The third kappa shape index (κ3) is 5.71. The van der Waals surface area contributed by atoms with Gasteiger partial charge in [-0.15, -0.1) is 0 Å². The predicted molar refractivity (Wildman–Crippen MR) is 120 cm³/mol. The molecule has 1 saturated heterocycles. The van der Waals surface area contributed by atoms with E-state index in [1.165, 1.54) is 23.5 Å². The van der Waals surface area contributed by atoms with Crippen LogP contribution < -0.4 is 10.2 Å². The summed E-state index contributed by atoms with van der Waals surface area (Å²) < 4.78 is 17.0. The number of ether oxygens (including phenoxy) is 2. The Morgan fingerprint density at radius 1 is 1.19 bits per heavy atom. The predicted octanol–water partition coefficient (Wildman–Crippen LogP) is 4.18. The highest BCUT2D eigenvalue weighted by Crippen LogP contribution is 2.24. The summed E-state index contributed by atoms with van der Waals surface area (Å²) in [5.41, 5.74) is 1.95. The van der Waals surface area contributed by atoms with E-state index < -0.39 is 5.60 Å². The fourth-order valence-electron chi connectivity index (χ4n) is 4.26. The lowest BCUT2D eigenvalue weighted by atomic mass is 9.99. The molecule has 7 heteroatoms. The number of carbonyl (C=O) groups is 1. The number of likely N-dealkylation sites (tertiary alicyclic amines) is 1. The molecule has 172 valence electrons. The second-order valence-corrected chi connectivity index (χ2v) is 9.73. The fourth-order valence-corrected chi connectivity index (χ4v) is 4.26. The molecule has 0 saturated carbocycles.